The highest BCUT2D eigenvalue weighted by atomic mass is 35.5. The van der Waals surface area contributed by atoms with Crippen LogP contribution in [0.1, 0.15) is 24.2 Å². The molecule has 1 saturated carbocycles. The van der Waals surface area contributed by atoms with Gasteiger partial charge in [0, 0.05) is 24.1 Å². The number of benzene rings is 1. The molecule has 1 aromatic carbocycles. The molecule has 0 aliphatic heterocycles. The summed E-state index contributed by atoms with van der Waals surface area (Å²) in [4.78, 5) is 0. The lowest BCUT2D eigenvalue weighted by Crippen LogP contribution is -2.15. The third-order valence-corrected chi connectivity index (χ3v) is 3.59. The molecule has 0 amide bonds. The molecular weight excluding hydrogens is 269 g/mol. The molecule has 1 N–H and O–H groups in total. The summed E-state index contributed by atoms with van der Waals surface area (Å²) in [6.07, 6.45) is 2.41. The van der Waals surface area contributed by atoms with E-state index in [9.17, 15) is 4.39 Å². The van der Waals surface area contributed by atoms with Crippen molar-refractivity contribution in [2.24, 2.45) is 0 Å². The minimum absolute atomic E-state index is 0.296. The lowest BCUT2D eigenvalue weighted by atomic mass is 10.1. The fraction of sp³-hybridized carbons (Fsp3) is 0.429. The molecule has 19 heavy (non-hydrogen) atoms. The Bertz CT molecular complexity index is 607. The minimum Gasteiger partial charge on any atom is -0.458 e. The first kappa shape index (κ1) is 12.9. The van der Waals surface area contributed by atoms with E-state index in [0.717, 1.165) is 11.3 Å². The van der Waals surface area contributed by atoms with Crippen molar-refractivity contribution in [3.8, 4) is 0 Å². The van der Waals surface area contributed by atoms with Crippen LogP contribution in [-0.4, -0.2) is 13.2 Å². The number of methoxy groups -OCH3 is 1. The maximum Gasteiger partial charge on any atom is 0.153 e. The Balaban J connectivity index is 2.03. The predicted octanol–water partition coefficient (Wildman–Crippen LogP) is 3.62. The van der Waals surface area contributed by atoms with Crippen molar-refractivity contribution in [3.63, 3.8) is 0 Å². The van der Waals surface area contributed by atoms with Crippen LogP contribution in [0.4, 0.5) is 4.39 Å². The SMILES string of the molecule is COCc1c(CNC2CC2)oc2c(Cl)cc(F)cc12. The second-order valence-corrected chi connectivity index (χ2v) is 5.26. The average Bonchev–Trinajstić information content (AvgIpc) is 3.13. The molecule has 0 atom stereocenters. The molecule has 0 unspecified atom stereocenters. The number of nitrogens with one attached hydrogen (secondary N) is 1. The van der Waals surface area contributed by atoms with Gasteiger partial charge in [-0.1, -0.05) is 11.6 Å². The summed E-state index contributed by atoms with van der Waals surface area (Å²) in [7, 11) is 1.61. The highest BCUT2D eigenvalue weighted by Gasteiger charge is 2.23. The Kier molecular flexibility index (Phi) is 3.48. The van der Waals surface area contributed by atoms with Gasteiger partial charge in [0.25, 0.3) is 0 Å². The number of rotatable bonds is 5. The van der Waals surface area contributed by atoms with Crippen LogP contribution in [-0.2, 0) is 17.9 Å². The maximum absolute atomic E-state index is 13.5. The van der Waals surface area contributed by atoms with E-state index >= 15 is 0 Å². The summed E-state index contributed by atoms with van der Waals surface area (Å²) in [6, 6.07) is 3.29. The monoisotopic (exact) mass is 283 g/mol. The van der Waals surface area contributed by atoms with Gasteiger partial charge in [0.05, 0.1) is 18.2 Å². The molecule has 1 aliphatic rings. The van der Waals surface area contributed by atoms with Crippen LogP contribution in [0.3, 0.4) is 0 Å². The summed E-state index contributed by atoms with van der Waals surface area (Å²) in [5.41, 5.74) is 1.40. The van der Waals surface area contributed by atoms with E-state index in [-0.39, 0.29) is 5.82 Å². The maximum atomic E-state index is 13.5. The molecule has 1 fully saturated rings. The summed E-state index contributed by atoms with van der Waals surface area (Å²) >= 11 is 6.03. The second-order valence-electron chi connectivity index (χ2n) is 4.86. The number of fused-ring (bicyclic) bond motifs is 1. The Morgan fingerprint density at radius 3 is 2.95 bits per heavy atom. The fourth-order valence-corrected chi connectivity index (χ4v) is 2.44. The molecule has 0 saturated heterocycles. The van der Waals surface area contributed by atoms with Crippen LogP contribution in [0.15, 0.2) is 16.5 Å². The molecule has 5 heteroatoms. The molecular formula is C14H15ClFNO2. The van der Waals surface area contributed by atoms with Gasteiger partial charge in [-0.25, -0.2) is 4.39 Å². The Labute approximate surface area is 115 Å². The van der Waals surface area contributed by atoms with E-state index in [1.807, 2.05) is 0 Å². The van der Waals surface area contributed by atoms with Gasteiger partial charge in [-0.15, -0.1) is 0 Å². The van der Waals surface area contributed by atoms with Crippen molar-refractivity contribution in [1.82, 2.24) is 5.32 Å². The zero-order valence-corrected chi connectivity index (χ0v) is 11.4. The van der Waals surface area contributed by atoms with E-state index in [0.29, 0.717) is 35.2 Å². The number of furan rings is 1. The van der Waals surface area contributed by atoms with Gasteiger partial charge in [-0.2, -0.15) is 0 Å². The Hall–Kier alpha value is -1.10. The smallest absolute Gasteiger partial charge is 0.153 e. The zero-order chi connectivity index (χ0) is 13.4. The van der Waals surface area contributed by atoms with E-state index in [2.05, 4.69) is 5.32 Å². The van der Waals surface area contributed by atoms with Gasteiger partial charge in [0.1, 0.15) is 11.6 Å². The molecule has 3 nitrogen and oxygen atoms in total. The Morgan fingerprint density at radius 2 is 2.26 bits per heavy atom. The molecule has 3 rings (SSSR count). The summed E-state index contributed by atoms with van der Waals surface area (Å²) in [5.74, 6) is 0.411. The van der Waals surface area contributed by atoms with Crippen molar-refractivity contribution >= 4 is 22.6 Å². The summed E-state index contributed by atoms with van der Waals surface area (Å²) in [6.45, 7) is 1.00. The minimum atomic E-state index is -0.364. The third kappa shape index (κ3) is 2.61. The highest BCUT2D eigenvalue weighted by Crippen LogP contribution is 2.33. The predicted molar refractivity (Wildman–Crippen MR) is 71.8 cm³/mol. The van der Waals surface area contributed by atoms with E-state index < -0.39 is 0 Å². The van der Waals surface area contributed by atoms with Crippen LogP contribution in [0.5, 0.6) is 0 Å². The topological polar surface area (TPSA) is 34.4 Å². The number of hydrogen-bond donors (Lipinski definition) is 1. The quantitative estimate of drug-likeness (QED) is 0.910. The third-order valence-electron chi connectivity index (χ3n) is 3.31. The van der Waals surface area contributed by atoms with Crippen molar-refractivity contribution in [1.29, 1.82) is 0 Å². The standard InChI is InChI=1S/C14H15ClFNO2/c1-18-7-11-10-4-8(16)5-12(15)14(10)19-13(11)6-17-9-2-3-9/h4-5,9,17H,2-3,6-7H2,1H3. The van der Waals surface area contributed by atoms with Gasteiger partial charge in [-0.3, -0.25) is 0 Å². The van der Waals surface area contributed by atoms with E-state index in [1.54, 1.807) is 7.11 Å². The largest absolute Gasteiger partial charge is 0.458 e. The molecule has 2 aromatic rings. The molecule has 0 bridgehead atoms. The first-order valence-electron chi connectivity index (χ1n) is 6.30. The van der Waals surface area contributed by atoms with Crippen LogP contribution in [0, 0.1) is 5.82 Å². The molecule has 1 aromatic heterocycles. The first-order chi connectivity index (χ1) is 9.19. The number of ether oxygens (including phenoxy) is 1. The van der Waals surface area contributed by atoms with Gasteiger partial charge in [0.15, 0.2) is 5.58 Å². The van der Waals surface area contributed by atoms with Gasteiger partial charge in [0.2, 0.25) is 0 Å². The fourth-order valence-electron chi connectivity index (χ4n) is 2.19. The van der Waals surface area contributed by atoms with Crippen LogP contribution < -0.4 is 5.32 Å². The zero-order valence-electron chi connectivity index (χ0n) is 10.6. The number of halogens is 2. The van der Waals surface area contributed by atoms with Crippen molar-refractivity contribution < 1.29 is 13.5 Å². The molecule has 102 valence electrons. The van der Waals surface area contributed by atoms with Gasteiger partial charge in [-0.05, 0) is 25.0 Å². The number of hydrogen-bond acceptors (Lipinski definition) is 3. The highest BCUT2D eigenvalue weighted by molar-refractivity contribution is 6.34. The second kappa shape index (κ2) is 5.12. The van der Waals surface area contributed by atoms with Gasteiger partial charge >= 0.3 is 0 Å². The normalized spacial score (nSPS) is 15.3. The molecule has 0 radical (unpaired) electrons. The van der Waals surface area contributed by atoms with E-state index in [4.69, 9.17) is 20.8 Å². The van der Waals surface area contributed by atoms with Crippen LogP contribution in [0.25, 0.3) is 11.0 Å². The average molecular weight is 284 g/mol. The molecule has 1 heterocycles. The van der Waals surface area contributed by atoms with Crippen LogP contribution in [0.2, 0.25) is 5.02 Å². The van der Waals surface area contributed by atoms with Gasteiger partial charge < -0.3 is 14.5 Å². The van der Waals surface area contributed by atoms with Crippen molar-refractivity contribution in [2.45, 2.75) is 32.0 Å². The lowest BCUT2D eigenvalue weighted by Gasteiger charge is -2.03. The first-order valence-corrected chi connectivity index (χ1v) is 6.68. The van der Waals surface area contributed by atoms with E-state index in [1.165, 1.54) is 25.0 Å². The van der Waals surface area contributed by atoms with Crippen LogP contribution >= 0.6 is 11.6 Å². The Morgan fingerprint density at radius 1 is 1.47 bits per heavy atom. The molecule has 1 aliphatic carbocycles. The van der Waals surface area contributed by atoms with Crippen molar-refractivity contribution in [2.75, 3.05) is 7.11 Å². The summed E-state index contributed by atoms with van der Waals surface area (Å²) < 4.78 is 24.4. The van der Waals surface area contributed by atoms with Crippen molar-refractivity contribution in [3.05, 3.63) is 34.3 Å². The summed E-state index contributed by atoms with van der Waals surface area (Å²) in [5, 5.41) is 4.37. The molecule has 0 spiro atoms. The lowest BCUT2D eigenvalue weighted by molar-refractivity contribution is 0.183.